The predicted molar refractivity (Wildman–Crippen MR) is 239 cm³/mol. The second kappa shape index (κ2) is 12.8. The number of hydrogen-bond donors (Lipinski definition) is 0. The Kier molecular flexibility index (Phi) is 7.50. The fourth-order valence-corrected chi connectivity index (χ4v) is 10.2. The monoisotopic (exact) mass is 727 g/mol. The minimum atomic E-state index is -0.445. The normalized spacial score (nSPS) is 14.1. The van der Waals surface area contributed by atoms with Gasteiger partial charge in [-0.15, -0.1) is 0 Å². The topological polar surface area (TPSA) is 3.24 Å². The van der Waals surface area contributed by atoms with Crippen LogP contribution < -0.4 is 4.90 Å². The highest BCUT2D eigenvalue weighted by Crippen LogP contribution is 2.57. The van der Waals surface area contributed by atoms with Crippen molar-refractivity contribution in [1.82, 2.24) is 0 Å². The van der Waals surface area contributed by atoms with Gasteiger partial charge in [-0.05, 0) is 114 Å². The van der Waals surface area contributed by atoms with Gasteiger partial charge in [0.25, 0.3) is 0 Å². The average Bonchev–Trinajstić information content (AvgIpc) is 3.70. The third-order valence-electron chi connectivity index (χ3n) is 12.7. The summed E-state index contributed by atoms with van der Waals surface area (Å²) in [6, 6.07) is 78.6. The van der Waals surface area contributed by atoms with Crippen LogP contribution in [0.25, 0.3) is 44.2 Å². The highest BCUT2D eigenvalue weighted by Gasteiger charge is 2.46. The van der Waals surface area contributed by atoms with Crippen LogP contribution in [-0.2, 0) is 10.8 Å². The number of fused-ring (bicyclic) bond motifs is 8. The summed E-state index contributed by atoms with van der Waals surface area (Å²) in [5.74, 6) is 0. The van der Waals surface area contributed by atoms with Crippen LogP contribution in [0.5, 0.6) is 0 Å². The molecule has 0 saturated carbocycles. The molecule has 0 bridgehead atoms. The van der Waals surface area contributed by atoms with E-state index in [4.69, 9.17) is 0 Å². The van der Waals surface area contributed by atoms with E-state index >= 15 is 0 Å². The highest BCUT2D eigenvalue weighted by atomic mass is 15.1. The maximum absolute atomic E-state index is 2.45. The molecule has 0 saturated heterocycles. The van der Waals surface area contributed by atoms with E-state index < -0.39 is 5.41 Å². The maximum Gasteiger partial charge on any atom is 0.0713 e. The minimum Gasteiger partial charge on any atom is -0.310 e. The van der Waals surface area contributed by atoms with Crippen LogP contribution in [0, 0.1) is 0 Å². The number of hydrogen-bond acceptors (Lipinski definition) is 1. The van der Waals surface area contributed by atoms with Crippen molar-refractivity contribution >= 4 is 27.8 Å². The van der Waals surface area contributed by atoms with Crippen LogP contribution in [0.15, 0.2) is 212 Å². The van der Waals surface area contributed by atoms with Crippen molar-refractivity contribution in [3.63, 3.8) is 0 Å². The quantitative estimate of drug-likeness (QED) is 0.165. The SMILES string of the molecule is CC1(C)c2ccccc2-c2ccc3ccc(N(c4ccc(-c5ccccc5)cc4)c4ccc5c(c4)-c4ccccc4C5(c4ccccc4)c4ccccc4)cc3c21. The zero-order chi connectivity index (χ0) is 38.1. The van der Waals surface area contributed by atoms with Crippen molar-refractivity contribution < 1.29 is 0 Å². The van der Waals surface area contributed by atoms with Gasteiger partial charge in [0.15, 0.2) is 0 Å². The standard InChI is InChI=1S/C56H41N/c1-55(2)51-24-14-12-22-46(51)48-34-29-40-28-32-44(36-49(40)54(48)55)57(43-30-26-39(27-31-43)38-16-6-3-7-17-38)45-33-35-53-50(37-45)47-23-13-15-25-52(47)56(53,41-18-8-4-9-19-41)42-20-10-5-11-21-42/h3-37H,1-2H3. The summed E-state index contributed by atoms with van der Waals surface area (Å²) in [4.78, 5) is 2.45. The van der Waals surface area contributed by atoms with Crippen LogP contribution in [0.1, 0.15) is 47.2 Å². The minimum absolute atomic E-state index is 0.123. The van der Waals surface area contributed by atoms with Crippen molar-refractivity contribution in [2.45, 2.75) is 24.7 Å². The van der Waals surface area contributed by atoms with Gasteiger partial charge >= 0.3 is 0 Å². The second-order valence-corrected chi connectivity index (χ2v) is 16.1. The van der Waals surface area contributed by atoms with Gasteiger partial charge in [-0.3, -0.25) is 0 Å². The third kappa shape index (κ3) is 4.95. The van der Waals surface area contributed by atoms with Gasteiger partial charge in [-0.25, -0.2) is 0 Å². The van der Waals surface area contributed by atoms with Crippen LogP contribution in [0.3, 0.4) is 0 Å². The molecule has 2 aliphatic rings. The molecule has 0 N–H and O–H groups in total. The van der Waals surface area contributed by atoms with Crippen molar-refractivity contribution in [2.24, 2.45) is 0 Å². The molecule has 57 heavy (non-hydrogen) atoms. The molecule has 0 radical (unpaired) electrons. The zero-order valence-corrected chi connectivity index (χ0v) is 32.2. The van der Waals surface area contributed by atoms with E-state index in [1.807, 2.05) is 0 Å². The Balaban J connectivity index is 1.14. The average molecular weight is 728 g/mol. The van der Waals surface area contributed by atoms with E-state index in [0.717, 1.165) is 17.1 Å². The number of benzene rings is 9. The lowest BCUT2D eigenvalue weighted by atomic mass is 9.68. The van der Waals surface area contributed by atoms with E-state index in [9.17, 15) is 0 Å². The molecule has 1 heteroatoms. The fourth-order valence-electron chi connectivity index (χ4n) is 10.2. The highest BCUT2D eigenvalue weighted by molar-refractivity contribution is 6.00. The molecule has 9 aromatic rings. The van der Waals surface area contributed by atoms with Crippen molar-refractivity contribution in [2.75, 3.05) is 4.90 Å². The van der Waals surface area contributed by atoms with Crippen molar-refractivity contribution in [3.8, 4) is 33.4 Å². The Hall–Kier alpha value is -6.96. The van der Waals surface area contributed by atoms with Gasteiger partial charge in [0, 0.05) is 22.5 Å². The van der Waals surface area contributed by atoms with Crippen LogP contribution >= 0.6 is 0 Å². The van der Waals surface area contributed by atoms with E-state index in [0.29, 0.717) is 0 Å². The molecule has 1 nitrogen and oxygen atoms in total. The lowest BCUT2D eigenvalue weighted by Gasteiger charge is -2.34. The largest absolute Gasteiger partial charge is 0.310 e. The van der Waals surface area contributed by atoms with E-state index in [2.05, 4.69) is 231 Å². The zero-order valence-electron chi connectivity index (χ0n) is 32.2. The first kappa shape index (κ1) is 33.4. The Morgan fingerprint density at radius 3 is 1.53 bits per heavy atom. The molecule has 0 fully saturated rings. The maximum atomic E-state index is 2.45. The second-order valence-electron chi connectivity index (χ2n) is 16.1. The summed E-state index contributed by atoms with van der Waals surface area (Å²) < 4.78 is 0. The molecule has 0 amide bonds. The van der Waals surface area contributed by atoms with Gasteiger partial charge < -0.3 is 4.90 Å². The summed E-state index contributed by atoms with van der Waals surface area (Å²) in [6.45, 7) is 4.76. The molecule has 11 rings (SSSR count). The van der Waals surface area contributed by atoms with Gasteiger partial charge in [0.05, 0.1) is 5.41 Å². The summed E-state index contributed by atoms with van der Waals surface area (Å²) in [6.07, 6.45) is 0. The van der Waals surface area contributed by atoms with Gasteiger partial charge in [-0.2, -0.15) is 0 Å². The Labute approximate surface area is 335 Å². The van der Waals surface area contributed by atoms with Crippen LogP contribution in [0.4, 0.5) is 17.1 Å². The number of nitrogens with zero attached hydrogens (tertiary/aromatic N) is 1. The Morgan fingerprint density at radius 2 is 0.842 bits per heavy atom. The first-order valence-electron chi connectivity index (χ1n) is 20.0. The number of anilines is 3. The lowest BCUT2D eigenvalue weighted by molar-refractivity contribution is 0.666. The number of rotatable bonds is 6. The molecular formula is C56H41N. The summed E-state index contributed by atoms with van der Waals surface area (Å²) >= 11 is 0. The molecule has 0 heterocycles. The van der Waals surface area contributed by atoms with Gasteiger partial charge in [0.2, 0.25) is 0 Å². The molecule has 2 aliphatic carbocycles. The van der Waals surface area contributed by atoms with Crippen molar-refractivity contribution in [1.29, 1.82) is 0 Å². The third-order valence-corrected chi connectivity index (χ3v) is 12.7. The molecule has 0 unspecified atom stereocenters. The molecule has 0 aliphatic heterocycles. The van der Waals surface area contributed by atoms with Crippen LogP contribution in [-0.4, -0.2) is 0 Å². The molecule has 0 spiro atoms. The molecule has 9 aromatic carbocycles. The molecule has 0 aromatic heterocycles. The Morgan fingerprint density at radius 1 is 0.351 bits per heavy atom. The predicted octanol–water partition coefficient (Wildman–Crippen LogP) is 14.6. The van der Waals surface area contributed by atoms with Gasteiger partial charge in [-0.1, -0.05) is 190 Å². The Bertz CT molecular complexity index is 2920. The van der Waals surface area contributed by atoms with E-state index in [1.54, 1.807) is 0 Å². The van der Waals surface area contributed by atoms with E-state index in [1.165, 1.54) is 77.5 Å². The first-order chi connectivity index (χ1) is 28.0. The van der Waals surface area contributed by atoms with Crippen molar-refractivity contribution in [3.05, 3.63) is 246 Å². The first-order valence-corrected chi connectivity index (χ1v) is 20.0. The lowest BCUT2D eigenvalue weighted by Crippen LogP contribution is -2.28. The molecular weight excluding hydrogens is 687 g/mol. The van der Waals surface area contributed by atoms with Gasteiger partial charge in [0.1, 0.15) is 0 Å². The van der Waals surface area contributed by atoms with E-state index in [-0.39, 0.29) is 5.41 Å². The summed E-state index contributed by atoms with van der Waals surface area (Å²) in [5, 5.41) is 2.56. The summed E-state index contributed by atoms with van der Waals surface area (Å²) in [5.41, 5.74) is 18.4. The smallest absolute Gasteiger partial charge is 0.0713 e. The molecule has 270 valence electrons. The molecule has 0 atom stereocenters. The van der Waals surface area contributed by atoms with Crippen LogP contribution in [0.2, 0.25) is 0 Å². The fraction of sp³-hybridized carbons (Fsp3) is 0.0714. The summed E-state index contributed by atoms with van der Waals surface area (Å²) in [7, 11) is 0.